The Bertz CT molecular complexity index is 639. The normalized spacial score (nSPS) is 18.9. The molecule has 1 aliphatic rings. The molecule has 0 amide bonds. The fourth-order valence-electron chi connectivity index (χ4n) is 3.10. The lowest BCUT2D eigenvalue weighted by Gasteiger charge is -2.19. The van der Waals surface area contributed by atoms with Gasteiger partial charge in [0.25, 0.3) is 0 Å². The molecule has 1 aromatic carbocycles. The lowest BCUT2D eigenvalue weighted by Crippen LogP contribution is -2.22. The summed E-state index contributed by atoms with van der Waals surface area (Å²) in [6, 6.07) is 6.43. The second-order valence-electron chi connectivity index (χ2n) is 5.28. The minimum atomic E-state index is -0.662. The lowest BCUT2D eigenvalue weighted by atomic mass is 9.86. The summed E-state index contributed by atoms with van der Waals surface area (Å²) in [7, 11) is 2.08. The Morgan fingerprint density at radius 1 is 1.44 bits per heavy atom. The van der Waals surface area contributed by atoms with Crippen LogP contribution in [0, 0.1) is 12.8 Å². The van der Waals surface area contributed by atoms with Gasteiger partial charge < -0.3 is 9.67 Å². The van der Waals surface area contributed by atoms with Gasteiger partial charge >= 0.3 is 5.97 Å². The van der Waals surface area contributed by atoms with Crippen LogP contribution in [0.3, 0.4) is 0 Å². The van der Waals surface area contributed by atoms with Gasteiger partial charge in [-0.3, -0.25) is 4.79 Å². The van der Waals surface area contributed by atoms with Crippen molar-refractivity contribution >= 4 is 16.9 Å². The van der Waals surface area contributed by atoms with Gasteiger partial charge in [0.05, 0.1) is 5.92 Å². The Morgan fingerprint density at radius 2 is 2.22 bits per heavy atom. The Hall–Kier alpha value is -1.77. The van der Waals surface area contributed by atoms with E-state index in [4.69, 9.17) is 0 Å². The molecule has 1 N–H and O–H groups in total. The molecule has 3 nitrogen and oxygen atoms in total. The summed E-state index contributed by atoms with van der Waals surface area (Å²) >= 11 is 0. The third-order valence-corrected chi connectivity index (χ3v) is 4.12. The van der Waals surface area contributed by atoms with Crippen molar-refractivity contribution in [3.63, 3.8) is 0 Å². The number of rotatable bonds is 1. The first-order valence-corrected chi connectivity index (χ1v) is 6.37. The summed E-state index contributed by atoms with van der Waals surface area (Å²) in [5.74, 6) is -0.881. The fourth-order valence-corrected chi connectivity index (χ4v) is 3.10. The molecule has 0 spiro atoms. The number of aryl methyl sites for hydroxylation is 2. The van der Waals surface area contributed by atoms with E-state index in [9.17, 15) is 9.90 Å². The zero-order valence-corrected chi connectivity index (χ0v) is 10.7. The van der Waals surface area contributed by atoms with Gasteiger partial charge in [-0.2, -0.15) is 0 Å². The van der Waals surface area contributed by atoms with Crippen LogP contribution in [0.15, 0.2) is 18.2 Å². The van der Waals surface area contributed by atoms with Crippen molar-refractivity contribution in [3.05, 3.63) is 35.0 Å². The molecule has 0 bridgehead atoms. The molecule has 0 saturated carbocycles. The van der Waals surface area contributed by atoms with Gasteiger partial charge in [-0.05, 0) is 43.9 Å². The summed E-state index contributed by atoms with van der Waals surface area (Å²) in [6.45, 7) is 2.08. The maximum atomic E-state index is 11.2. The van der Waals surface area contributed by atoms with Crippen molar-refractivity contribution in [2.24, 2.45) is 13.0 Å². The molecule has 0 aliphatic heterocycles. The van der Waals surface area contributed by atoms with Crippen molar-refractivity contribution in [1.29, 1.82) is 0 Å². The highest BCUT2D eigenvalue weighted by molar-refractivity contribution is 5.87. The average molecular weight is 243 g/mol. The average Bonchev–Trinajstić information content (AvgIpc) is 2.62. The Labute approximate surface area is 106 Å². The van der Waals surface area contributed by atoms with Gasteiger partial charge in [0.15, 0.2) is 0 Å². The van der Waals surface area contributed by atoms with E-state index in [0.717, 1.165) is 12.8 Å². The Balaban J connectivity index is 2.20. The Kier molecular flexibility index (Phi) is 2.44. The topological polar surface area (TPSA) is 42.2 Å². The molecule has 1 aliphatic carbocycles. The molecule has 18 heavy (non-hydrogen) atoms. The van der Waals surface area contributed by atoms with E-state index in [2.05, 4.69) is 36.7 Å². The van der Waals surface area contributed by atoms with Gasteiger partial charge in [0.2, 0.25) is 0 Å². The number of benzene rings is 1. The SMILES string of the molecule is Cc1ccc2c(c1)c1c(n2C)CCC(C(=O)O)C1. The van der Waals surface area contributed by atoms with Gasteiger partial charge in [0.1, 0.15) is 0 Å². The predicted molar refractivity (Wildman–Crippen MR) is 70.8 cm³/mol. The molecule has 3 heteroatoms. The standard InChI is InChI=1S/C15H17NO2/c1-9-3-5-13-11(7-9)12-8-10(15(17)18)4-6-14(12)16(13)2/h3,5,7,10H,4,6,8H2,1-2H3,(H,17,18). The molecular formula is C15H17NO2. The van der Waals surface area contributed by atoms with Crippen LogP contribution in [0.1, 0.15) is 23.2 Å². The maximum Gasteiger partial charge on any atom is 0.306 e. The van der Waals surface area contributed by atoms with Crippen molar-refractivity contribution < 1.29 is 9.90 Å². The highest BCUT2D eigenvalue weighted by Crippen LogP contribution is 2.34. The zero-order valence-electron chi connectivity index (χ0n) is 10.7. The number of aliphatic carboxylic acids is 1. The molecule has 1 aromatic heterocycles. The molecule has 3 rings (SSSR count). The lowest BCUT2D eigenvalue weighted by molar-refractivity contribution is -0.142. The molecular weight excluding hydrogens is 226 g/mol. The van der Waals surface area contributed by atoms with Crippen molar-refractivity contribution in [3.8, 4) is 0 Å². The predicted octanol–water partition coefficient (Wildman–Crippen LogP) is 2.68. The summed E-state index contributed by atoms with van der Waals surface area (Å²) in [5.41, 5.74) is 5.01. The van der Waals surface area contributed by atoms with Crippen LogP contribution in [0.2, 0.25) is 0 Å². The molecule has 1 heterocycles. The van der Waals surface area contributed by atoms with Crippen LogP contribution in [0.25, 0.3) is 10.9 Å². The van der Waals surface area contributed by atoms with Crippen molar-refractivity contribution in [1.82, 2.24) is 4.57 Å². The van der Waals surface area contributed by atoms with Crippen LogP contribution < -0.4 is 0 Å². The van der Waals surface area contributed by atoms with Crippen molar-refractivity contribution in [2.45, 2.75) is 26.2 Å². The molecule has 1 unspecified atom stereocenters. The molecule has 0 fully saturated rings. The summed E-state index contributed by atoms with van der Waals surface area (Å²) < 4.78 is 2.22. The first-order valence-electron chi connectivity index (χ1n) is 6.37. The van der Waals surface area contributed by atoms with Gasteiger partial charge in [-0.25, -0.2) is 0 Å². The quantitative estimate of drug-likeness (QED) is 0.836. The monoisotopic (exact) mass is 243 g/mol. The van der Waals surface area contributed by atoms with E-state index < -0.39 is 5.97 Å². The van der Waals surface area contributed by atoms with E-state index in [1.165, 1.54) is 27.7 Å². The minimum Gasteiger partial charge on any atom is -0.481 e. The number of nitrogens with zero attached hydrogens (tertiary/aromatic N) is 1. The summed E-state index contributed by atoms with van der Waals surface area (Å²) in [5, 5.41) is 10.4. The smallest absolute Gasteiger partial charge is 0.306 e. The fraction of sp³-hybridized carbons (Fsp3) is 0.400. The second kappa shape index (κ2) is 3.87. The highest BCUT2D eigenvalue weighted by Gasteiger charge is 2.28. The van der Waals surface area contributed by atoms with Gasteiger partial charge in [0, 0.05) is 23.6 Å². The van der Waals surface area contributed by atoms with E-state index in [1.54, 1.807) is 0 Å². The second-order valence-corrected chi connectivity index (χ2v) is 5.28. The van der Waals surface area contributed by atoms with Crippen LogP contribution in [-0.2, 0) is 24.7 Å². The van der Waals surface area contributed by atoms with Gasteiger partial charge in [-0.1, -0.05) is 11.6 Å². The van der Waals surface area contributed by atoms with Crippen LogP contribution in [0.5, 0.6) is 0 Å². The summed E-state index contributed by atoms with van der Waals surface area (Å²) in [6.07, 6.45) is 2.30. The molecule has 0 saturated heterocycles. The van der Waals surface area contributed by atoms with E-state index in [-0.39, 0.29) is 5.92 Å². The number of fused-ring (bicyclic) bond motifs is 3. The van der Waals surface area contributed by atoms with E-state index in [0.29, 0.717) is 6.42 Å². The van der Waals surface area contributed by atoms with Crippen LogP contribution in [-0.4, -0.2) is 15.6 Å². The van der Waals surface area contributed by atoms with Gasteiger partial charge in [-0.15, -0.1) is 0 Å². The minimum absolute atomic E-state index is 0.219. The number of carbonyl (C=O) groups is 1. The third-order valence-electron chi connectivity index (χ3n) is 4.12. The first kappa shape index (κ1) is 11.3. The molecule has 0 radical (unpaired) electrons. The number of hydrogen-bond donors (Lipinski definition) is 1. The van der Waals surface area contributed by atoms with Crippen LogP contribution >= 0.6 is 0 Å². The Morgan fingerprint density at radius 3 is 2.94 bits per heavy atom. The zero-order chi connectivity index (χ0) is 12.9. The largest absolute Gasteiger partial charge is 0.481 e. The maximum absolute atomic E-state index is 11.2. The summed E-state index contributed by atoms with van der Waals surface area (Å²) in [4.78, 5) is 11.2. The first-order chi connectivity index (χ1) is 8.58. The number of hydrogen-bond acceptors (Lipinski definition) is 1. The van der Waals surface area contributed by atoms with Crippen LogP contribution in [0.4, 0.5) is 0 Å². The van der Waals surface area contributed by atoms with E-state index in [1.807, 2.05) is 0 Å². The van der Waals surface area contributed by atoms with E-state index >= 15 is 0 Å². The number of carboxylic acid groups (broad SMARTS) is 1. The molecule has 94 valence electrons. The molecule has 1 atom stereocenters. The third kappa shape index (κ3) is 1.54. The van der Waals surface area contributed by atoms with Crippen molar-refractivity contribution in [2.75, 3.05) is 0 Å². The molecule has 2 aromatic rings. The highest BCUT2D eigenvalue weighted by atomic mass is 16.4. The number of carboxylic acids is 1. The number of aromatic nitrogens is 1.